The third-order valence-electron chi connectivity index (χ3n) is 2.32. The van der Waals surface area contributed by atoms with Crippen LogP contribution in [-0.4, -0.2) is 36.8 Å². The SMILES string of the molecule is Cc1ccc(C)n1NCCCN(C)C. The molecule has 1 rings (SSSR count). The number of aromatic nitrogens is 1. The van der Waals surface area contributed by atoms with Crippen LogP contribution >= 0.6 is 0 Å². The van der Waals surface area contributed by atoms with E-state index in [0.717, 1.165) is 13.1 Å². The van der Waals surface area contributed by atoms with Crippen molar-refractivity contribution in [2.24, 2.45) is 0 Å². The van der Waals surface area contributed by atoms with E-state index in [1.165, 1.54) is 17.8 Å². The van der Waals surface area contributed by atoms with Crippen molar-refractivity contribution in [2.45, 2.75) is 20.3 Å². The van der Waals surface area contributed by atoms with Crippen LogP contribution in [0, 0.1) is 13.8 Å². The Hall–Kier alpha value is -0.960. The highest BCUT2D eigenvalue weighted by Gasteiger charge is 1.98. The molecule has 0 saturated heterocycles. The van der Waals surface area contributed by atoms with Gasteiger partial charge in [-0.1, -0.05) is 0 Å². The summed E-state index contributed by atoms with van der Waals surface area (Å²) in [4.78, 5) is 2.21. The number of aryl methyl sites for hydroxylation is 2. The summed E-state index contributed by atoms with van der Waals surface area (Å²) in [5.41, 5.74) is 5.95. The average molecular weight is 195 g/mol. The molecular weight excluding hydrogens is 174 g/mol. The van der Waals surface area contributed by atoms with Crippen molar-refractivity contribution in [3.8, 4) is 0 Å². The van der Waals surface area contributed by atoms with Crippen molar-refractivity contribution >= 4 is 0 Å². The molecule has 0 saturated carbocycles. The number of nitrogens with one attached hydrogen (secondary N) is 1. The minimum absolute atomic E-state index is 1.02. The lowest BCUT2D eigenvalue weighted by molar-refractivity contribution is 0.402. The smallest absolute Gasteiger partial charge is 0.0366 e. The molecule has 0 aliphatic heterocycles. The highest BCUT2D eigenvalue weighted by molar-refractivity contribution is 5.15. The highest BCUT2D eigenvalue weighted by atomic mass is 15.4. The first-order valence-corrected chi connectivity index (χ1v) is 5.15. The van der Waals surface area contributed by atoms with Crippen LogP contribution in [0.5, 0.6) is 0 Å². The Bertz CT molecular complexity index is 257. The summed E-state index contributed by atoms with van der Waals surface area (Å²) >= 11 is 0. The zero-order chi connectivity index (χ0) is 10.6. The fourth-order valence-corrected chi connectivity index (χ4v) is 1.50. The Morgan fingerprint density at radius 1 is 1.21 bits per heavy atom. The third kappa shape index (κ3) is 3.07. The largest absolute Gasteiger partial charge is 0.326 e. The summed E-state index contributed by atoms with van der Waals surface area (Å²) in [5.74, 6) is 0. The van der Waals surface area contributed by atoms with E-state index >= 15 is 0 Å². The minimum atomic E-state index is 1.02. The van der Waals surface area contributed by atoms with Gasteiger partial charge in [0.1, 0.15) is 0 Å². The van der Waals surface area contributed by atoms with E-state index in [4.69, 9.17) is 0 Å². The molecule has 0 spiro atoms. The highest BCUT2D eigenvalue weighted by Crippen LogP contribution is 2.03. The van der Waals surface area contributed by atoms with E-state index in [1.807, 2.05) is 0 Å². The Labute approximate surface area is 86.7 Å². The first-order chi connectivity index (χ1) is 6.61. The molecule has 1 heterocycles. The number of hydrogen-bond acceptors (Lipinski definition) is 2. The van der Waals surface area contributed by atoms with Crippen molar-refractivity contribution in [3.05, 3.63) is 23.5 Å². The summed E-state index contributed by atoms with van der Waals surface area (Å²) in [5, 5.41) is 0. The summed E-state index contributed by atoms with van der Waals surface area (Å²) in [6.07, 6.45) is 1.17. The fourth-order valence-electron chi connectivity index (χ4n) is 1.50. The molecule has 0 atom stereocenters. The van der Waals surface area contributed by atoms with E-state index in [2.05, 4.69) is 55.1 Å². The Balaban J connectivity index is 2.31. The van der Waals surface area contributed by atoms with E-state index in [-0.39, 0.29) is 0 Å². The van der Waals surface area contributed by atoms with Gasteiger partial charge in [0, 0.05) is 17.9 Å². The quantitative estimate of drug-likeness (QED) is 0.720. The van der Waals surface area contributed by atoms with E-state index in [1.54, 1.807) is 0 Å². The van der Waals surface area contributed by atoms with E-state index in [9.17, 15) is 0 Å². The first kappa shape index (κ1) is 11.1. The first-order valence-electron chi connectivity index (χ1n) is 5.15. The monoisotopic (exact) mass is 195 g/mol. The predicted octanol–water partition coefficient (Wildman–Crippen LogP) is 1.60. The topological polar surface area (TPSA) is 20.2 Å². The number of rotatable bonds is 5. The maximum absolute atomic E-state index is 3.41. The second-order valence-electron chi connectivity index (χ2n) is 4.02. The van der Waals surface area contributed by atoms with Gasteiger partial charge in [0.2, 0.25) is 0 Å². The van der Waals surface area contributed by atoms with Gasteiger partial charge in [0.15, 0.2) is 0 Å². The molecule has 0 aliphatic rings. The molecule has 14 heavy (non-hydrogen) atoms. The van der Waals surface area contributed by atoms with Gasteiger partial charge in [-0.15, -0.1) is 0 Å². The molecule has 1 aromatic rings. The molecule has 0 fully saturated rings. The van der Waals surface area contributed by atoms with Crippen LogP contribution in [0.25, 0.3) is 0 Å². The maximum atomic E-state index is 3.41. The third-order valence-corrected chi connectivity index (χ3v) is 2.32. The van der Waals surface area contributed by atoms with E-state index in [0.29, 0.717) is 0 Å². The van der Waals surface area contributed by atoms with Crippen LogP contribution in [0.4, 0.5) is 0 Å². The van der Waals surface area contributed by atoms with Crippen LogP contribution in [0.2, 0.25) is 0 Å². The molecule has 0 aromatic carbocycles. The Morgan fingerprint density at radius 2 is 1.79 bits per heavy atom. The summed E-state index contributed by atoms with van der Waals surface area (Å²) < 4.78 is 2.15. The van der Waals surface area contributed by atoms with Crippen LogP contribution in [-0.2, 0) is 0 Å². The summed E-state index contributed by atoms with van der Waals surface area (Å²) in [7, 11) is 4.21. The van der Waals surface area contributed by atoms with Crippen molar-refractivity contribution in [1.82, 2.24) is 9.58 Å². The minimum Gasteiger partial charge on any atom is -0.326 e. The normalized spacial score (nSPS) is 10.9. The molecule has 0 radical (unpaired) electrons. The lowest BCUT2D eigenvalue weighted by Crippen LogP contribution is -2.22. The van der Waals surface area contributed by atoms with Crippen molar-refractivity contribution < 1.29 is 0 Å². The van der Waals surface area contributed by atoms with E-state index < -0.39 is 0 Å². The van der Waals surface area contributed by atoms with Gasteiger partial charge in [-0.2, -0.15) is 0 Å². The van der Waals surface area contributed by atoms with Gasteiger partial charge in [0.25, 0.3) is 0 Å². The van der Waals surface area contributed by atoms with Crippen molar-refractivity contribution in [2.75, 3.05) is 32.6 Å². The summed E-state index contributed by atoms with van der Waals surface area (Å²) in [6, 6.07) is 4.27. The molecule has 0 unspecified atom stereocenters. The molecule has 1 aromatic heterocycles. The second kappa shape index (κ2) is 5.05. The van der Waals surface area contributed by atoms with Gasteiger partial charge in [0.05, 0.1) is 0 Å². The van der Waals surface area contributed by atoms with Gasteiger partial charge in [-0.3, -0.25) is 4.68 Å². The lowest BCUT2D eigenvalue weighted by Gasteiger charge is -2.14. The zero-order valence-corrected chi connectivity index (χ0v) is 9.67. The zero-order valence-electron chi connectivity index (χ0n) is 9.67. The van der Waals surface area contributed by atoms with Crippen LogP contribution in [0.1, 0.15) is 17.8 Å². The molecule has 3 heteroatoms. The molecule has 3 nitrogen and oxygen atoms in total. The number of nitrogens with zero attached hydrogens (tertiary/aromatic N) is 2. The Morgan fingerprint density at radius 3 is 2.29 bits per heavy atom. The van der Waals surface area contributed by atoms with Gasteiger partial charge < -0.3 is 10.3 Å². The molecule has 80 valence electrons. The molecule has 0 bridgehead atoms. The van der Waals surface area contributed by atoms with Gasteiger partial charge >= 0.3 is 0 Å². The molecular formula is C11H21N3. The summed E-state index contributed by atoms with van der Waals surface area (Å²) in [6.45, 7) is 6.39. The number of hydrogen-bond donors (Lipinski definition) is 1. The van der Waals surface area contributed by atoms with Gasteiger partial charge in [-0.25, -0.2) is 0 Å². The van der Waals surface area contributed by atoms with Crippen LogP contribution < -0.4 is 5.43 Å². The van der Waals surface area contributed by atoms with Gasteiger partial charge in [-0.05, 0) is 53.0 Å². The predicted molar refractivity (Wildman–Crippen MR) is 61.3 cm³/mol. The van der Waals surface area contributed by atoms with Crippen LogP contribution in [0.15, 0.2) is 12.1 Å². The standard InChI is InChI=1S/C11H21N3/c1-10-6-7-11(2)14(10)12-8-5-9-13(3)4/h6-7,12H,5,8-9H2,1-4H3. The van der Waals surface area contributed by atoms with Crippen molar-refractivity contribution in [1.29, 1.82) is 0 Å². The van der Waals surface area contributed by atoms with Crippen molar-refractivity contribution in [3.63, 3.8) is 0 Å². The molecule has 0 aliphatic carbocycles. The van der Waals surface area contributed by atoms with Crippen LogP contribution in [0.3, 0.4) is 0 Å². The maximum Gasteiger partial charge on any atom is 0.0366 e. The Kier molecular flexibility index (Phi) is 4.01. The second-order valence-corrected chi connectivity index (χ2v) is 4.02. The fraction of sp³-hybridized carbons (Fsp3) is 0.636. The molecule has 0 amide bonds. The average Bonchev–Trinajstić information content (AvgIpc) is 2.42. The lowest BCUT2D eigenvalue weighted by atomic mass is 10.4. The molecule has 1 N–H and O–H groups in total.